The maximum atomic E-state index is 11.8. The number of carbonyl (C=O) groups is 1. The summed E-state index contributed by atoms with van der Waals surface area (Å²) >= 11 is 4.68. The van der Waals surface area contributed by atoms with Crippen molar-refractivity contribution in [3.63, 3.8) is 0 Å². The molecule has 2 rings (SSSR count). The molecule has 0 saturated carbocycles. The number of hydrogen-bond donors (Lipinski definition) is 0. The molecular formula is C10H6BrN3OS. The number of Topliss-reactive ketones (excluding diaryl/α,β-unsaturated/α-hetero) is 1. The van der Waals surface area contributed by atoms with E-state index in [2.05, 4.69) is 20.9 Å². The normalized spacial score (nSPS) is 10.0. The highest BCUT2D eigenvalue weighted by Gasteiger charge is 2.11. The van der Waals surface area contributed by atoms with Gasteiger partial charge in [0.2, 0.25) is 5.82 Å². The van der Waals surface area contributed by atoms with Crippen molar-refractivity contribution in [1.29, 1.82) is 5.26 Å². The van der Waals surface area contributed by atoms with Crippen molar-refractivity contribution < 1.29 is 4.79 Å². The summed E-state index contributed by atoms with van der Waals surface area (Å²) in [4.78, 5) is 16.3. The Bertz CT molecular complexity index is 567. The molecule has 0 saturated heterocycles. The Kier molecular flexibility index (Phi) is 3.17. The second-order valence-corrected chi connectivity index (χ2v) is 5.48. The summed E-state index contributed by atoms with van der Waals surface area (Å²) in [6.07, 6.45) is 3.13. The van der Waals surface area contributed by atoms with E-state index in [0.717, 1.165) is 3.79 Å². The fourth-order valence-electron chi connectivity index (χ4n) is 1.25. The average molecular weight is 296 g/mol. The van der Waals surface area contributed by atoms with Crippen LogP contribution in [0.2, 0.25) is 0 Å². The number of imidazole rings is 1. The summed E-state index contributed by atoms with van der Waals surface area (Å²) in [7, 11) is 0. The van der Waals surface area contributed by atoms with Crippen molar-refractivity contribution in [2.75, 3.05) is 0 Å². The van der Waals surface area contributed by atoms with Gasteiger partial charge in [-0.15, -0.1) is 11.3 Å². The fourth-order valence-corrected chi connectivity index (χ4v) is 2.56. The Balaban J connectivity index is 2.17. The lowest BCUT2D eigenvalue weighted by Crippen LogP contribution is -2.10. The highest BCUT2D eigenvalue weighted by Crippen LogP contribution is 2.22. The third-order valence-electron chi connectivity index (χ3n) is 1.98. The summed E-state index contributed by atoms with van der Waals surface area (Å²) in [5.74, 6) is 0.231. The van der Waals surface area contributed by atoms with Crippen LogP contribution in [0.25, 0.3) is 0 Å². The Hall–Kier alpha value is -1.45. The zero-order valence-corrected chi connectivity index (χ0v) is 10.5. The Labute approximate surface area is 104 Å². The third kappa shape index (κ3) is 2.21. The minimum Gasteiger partial charge on any atom is -0.315 e. The van der Waals surface area contributed by atoms with Crippen molar-refractivity contribution in [1.82, 2.24) is 9.55 Å². The van der Waals surface area contributed by atoms with E-state index in [-0.39, 0.29) is 18.2 Å². The number of nitrogens with zero attached hydrogens (tertiary/aromatic N) is 3. The van der Waals surface area contributed by atoms with E-state index in [0.29, 0.717) is 4.88 Å². The van der Waals surface area contributed by atoms with Crippen LogP contribution in [0.5, 0.6) is 0 Å². The van der Waals surface area contributed by atoms with Gasteiger partial charge in [-0.2, -0.15) is 5.26 Å². The number of carbonyl (C=O) groups excluding carboxylic acids is 1. The molecule has 0 aliphatic heterocycles. The van der Waals surface area contributed by atoms with Crippen LogP contribution in [0.1, 0.15) is 15.5 Å². The molecule has 0 atom stereocenters. The van der Waals surface area contributed by atoms with Crippen LogP contribution >= 0.6 is 27.3 Å². The quantitative estimate of drug-likeness (QED) is 0.817. The van der Waals surface area contributed by atoms with Crippen molar-refractivity contribution in [2.45, 2.75) is 6.54 Å². The topological polar surface area (TPSA) is 58.7 Å². The minimum absolute atomic E-state index is 0.0230. The van der Waals surface area contributed by atoms with E-state index in [1.807, 2.05) is 12.1 Å². The predicted molar refractivity (Wildman–Crippen MR) is 63.3 cm³/mol. The van der Waals surface area contributed by atoms with Crippen LogP contribution in [0.4, 0.5) is 0 Å². The smallest absolute Gasteiger partial charge is 0.213 e. The fraction of sp³-hybridized carbons (Fsp3) is 0.100. The molecule has 0 fully saturated rings. The number of aromatic nitrogens is 2. The molecule has 0 aromatic carbocycles. The van der Waals surface area contributed by atoms with Gasteiger partial charge in [0.15, 0.2) is 5.78 Å². The molecule has 6 heteroatoms. The Morgan fingerprint density at radius 3 is 3.06 bits per heavy atom. The van der Waals surface area contributed by atoms with Gasteiger partial charge in [-0.3, -0.25) is 4.79 Å². The average Bonchev–Trinajstić information content (AvgIpc) is 2.86. The molecule has 4 nitrogen and oxygen atoms in total. The second kappa shape index (κ2) is 4.60. The largest absolute Gasteiger partial charge is 0.315 e. The molecule has 2 aromatic heterocycles. The number of nitriles is 1. The molecule has 0 aliphatic carbocycles. The van der Waals surface area contributed by atoms with Gasteiger partial charge < -0.3 is 4.57 Å². The van der Waals surface area contributed by atoms with Gasteiger partial charge in [0.25, 0.3) is 0 Å². The molecule has 0 unspecified atom stereocenters. The molecule has 2 aromatic rings. The summed E-state index contributed by atoms with van der Waals surface area (Å²) in [6.45, 7) is 0.149. The first-order valence-electron chi connectivity index (χ1n) is 4.40. The Morgan fingerprint density at radius 1 is 1.62 bits per heavy atom. The molecule has 80 valence electrons. The van der Waals surface area contributed by atoms with Crippen LogP contribution in [0, 0.1) is 11.3 Å². The lowest BCUT2D eigenvalue weighted by atomic mass is 10.3. The lowest BCUT2D eigenvalue weighted by molar-refractivity contribution is 0.0975. The molecule has 2 heterocycles. The van der Waals surface area contributed by atoms with Crippen LogP contribution in [0.15, 0.2) is 28.3 Å². The molecule has 16 heavy (non-hydrogen) atoms. The monoisotopic (exact) mass is 295 g/mol. The number of thiophene rings is 1. The molecule has 0 bridgehead atoms. The number of rotatable bonds is 3. The van der Waals surface area contributed by atoms with Gasteiger partial charge in [0, 0.05) is 12.4 Å². The van der Waals surface area contributed by atoms with Gasteiger partial charge in [0.1, 0.15) is 6.07 Å². The Morgan fingerprint density at radius 2 is 2.44 bits per heavy atom. The molecular weight excluding hydrogens is 290 g/mol. The number of ketones is 1. The van der Waals surface area contributed by atoms with E-state index in [9.17, 15) is 4.79 Å². The third-order valence-corrected chi connectivity index (χ3v) is 3.64. The highest BCUT2D eigenvalue weighted by molar-refractivity contribution is 9.11. The van der Waals surface area contributed by atoms with Crippen LogP contribution in [0.3, 0.4) is 0 Å². The summed E-state index contributed by atoms with van der Waals surface area (Å²) < 4.78 is 2.46. The molecule has 0 amide bonds. The van der Waals surface area contributed by atoms with Gasteiger partial charge in [0.05, 0.1) is 15.2 Å². The molecule has 0 spiro atoms. The van der Waals surface area contributed by atoms with Crippen LogP contribution in [-0.2, 0) is 6.54 Å². The van der Waals surface area contributed by atoms with E-state index < -0.39 is 0 Å². The zero-order valence-electron chi connectivity index (χ0n) is 8.05. The van der Waals surface area contributed by atoms with Crippen LogP contribution < -0.4 is 0 Å². The standard InChI is InChI=1S/C10H6BrN3OS/c11-9-2-1-8(16-9)7(15)6-14-4-3-13-10(14)5-12/h1-4H,6H2. The van der Waals surface area contributed by atoms with Crippen molar-refractivity contribution in [3.05, 3.63) is 39.0 Å². The summed E-state index contributed by atoms with van der Waals surface area (Å²) in [6, 6.07) is 5.53. The van der Waals surface area contributed by atoms with Crippen molar-refractivity contribution in [3.8, 4) is 6.07 Å². The minimum atomic E-state index is -0.0230. The molecule has 0 N–H and O–H groups in total. The van der Waals surface area contributed by atoms with E-state index >= 15 is 0 Å². The number of hydrogen-bond acceptors (Lipinski definition) is 4. The maximum Gasteiger partial charge on any atom is 0.213 e. The van der Waals surface area contributed by atoms with Crippen LogP contribution in [-0.4, -0.2) is 15.3 Å². The molecule has 0 aliphatic rings. The number of halogens is 1. The van der Waals surface area contributed by atoms with Crippen molar-refractivity contribution >= 4 is 33.0 Å². The van der Waals surface area contributed by atoms with Gasteiger partial charge >= 0.3 is 0 Å². The van der Waals surface area contributed by atoms with Gasteiger partial charge in [-0.05, 0) is 28.1 Å². The first-order valence-corrected chi connectivity index (χ1v) is 6.01. The van der Waals surface area contributed by atoms with E-state index in [1.54, 1.807) is 12.3 Å². The van der Waals surface area contributed by atoms with Gasteiger partial charge in [-0.1, -0.05) is 0 Å². The van der Waals surface area contributed by atoms with Crippen molar-refractivity contribution in [2.24, 2.45) is 0 Å². The SMILES string of the molecule is N#Cc1nccn1CC(=O)c1ccc(Br)s1. The maximum absolute atomic E-state index is 11.8. The summed E-state index contributed by atoms with van der Waals surface area (Å²) in [5.41, 5.74) is 0. The van der Waals surface area contributed by atoms with E-state index in [4.69, 9.17) is 5.26 Å². The first-order chi connectivity index (χ1) is 7.70. The second-order valence-electron chi connectivity index (χ2n) is 3.02. The first kappa shape index (κ1) is 11.0. The zero-order chi connectivity index (χ0) is 11.5. The summed E-state index contributed by atoms with van der Waals surface area (Å²) in [5, 5.41) is 8.75. The highest BCUT2D eigenvalue weighted by atomic mass is 79.9. The van der Waals surface area contributed by atoms with Gasteiger partial charge in [-0.25, -0.2) is 4.98 Å². The molecule has 0 radical (unpaired) electrons. The van der Waals surface area contributed by atoms with E-state index in [1.165, 1.54) is 22.1 Å². The predicted octanol–water partition coefficient (Wildman–Crippen LogP) is 2.46. The lowest BCUT2D eigenvalue weighted by Gasteiger charge is -2.00.